The van der Waals surface area contributed by atoms with Crippen molar-refractivity contribution >= 4 is 11.9 Å². The van der Waals surface area contributed by atoms with Gasteiger partial charge in [0, 0.05) is 13.1 Å². The van der Waals surface area contributed by atoms with Gasteiger partial charge in [0.05, 0.1) is 25.8 Å². The topological polar surface area (TPSA) is 99.5 Å². The molecular formula is C16H22N2O6. The Morgan fingerprint density at radius 1 is 1.29 bits per heavy atom. The molecule has 8 heteroatoms. The minimum atomic E-state index is -0.978. The first-order chi connectivity index (χ1) is 11.4. The van der Waals surface area contributed by atoms with Gasteiger partial charge >= 0.3 is 5.97 Å². The van der Waals surface area contributed by atoms with Crippen LogP contribution in [0, 0.1) is 0 Å². The maximum Gasteiger partial charge on any atom is 0.317 e. The van der Waals surface area contributed by atoms with Crippen LogP contribution >= 0.6 is 0 Å². The van der Waals surface area contributed by atoms with E-state index in [1.807, 2.05) is 0 Å². The number of β-amino-alcohol motifs (C(OH)–C–C–N with tert-alkyl or cyclic N) is 1. The quantitative estimate of drug-likeness (QED) is 0.702. The molecule has 1 fully saturated rings. The molecular weight excluding hydrogens is 316 g/mol. The third-order valence-corrected chi connectivity index (χ3v) is 3.98. The van der Waals surface area contributed by atoms with Crippen molar-refractivity contribution in [2.75, 3.05) is 40.4 Å². The van der Waals surface area contributed by atoms with E-state index in [-0.39, 0.29) is 32.1 Å². The van der Waals surface area contributed by atoms with Crippen LogP contribution in [0.5, 0.6) is 11.5 Å². The molecule has 1 aliphatic rings. The normalized spacial score (nSPS) is 20.2. The number of hydrogen-bond acceptors (Lipinski definition) is 6. The fourth-order valence-electron chi connectivity index (χ4n) is 2.71. The molecule has 0 unspecified atom stereocenters. The number of nitrogens with zero attached hydrogens (tertiary/aromatic N) is 2. The molecule has 1 aromatic rings. The van der Waals surface area contributed by atoms with Crippen LogP contribution in [-0.2, 0) is 9.59 Å². The second kappa shape index (κ2) is 7.98. The number of aliphatic carboxylic acids is 1. The summed E-state index contributed by atoms with van der Waals surface area (Å²) >= 11 is 0. The Labute approximate surface area is 140 Å². The Morgan fingerprint density at radius 3 is 2.58 bits per heavy atom. The van der Waals surface area contributed by atoms with E-state index in [9.17, 15) is 14.7 Å². The first-order valence-corrected chi connectivity index (χ1v) is 7.56. The summed E-state index contributed by atoms with van der Waals surface area (Å²) in [4.78, 5) is 26.0. The summed E-state index contributed by atoms with van der Waals surface area (Å²) in [5.74, 6) is -0.251. The molecule has 0 aliphatic carbocycles. The van der Waals surface area contributed by atoms with Crippen LogP contribution in [0.3, 0.4) is 0 Å². The van der Waals surface area contributed by atoms with Crippen molar-refractivity contribution in [1.82, 2.24) is 9.80 Å². The van der Waals surface area contributed by atoms with Gasteiger partial charge in [0.2, 0.25) is 0 Å². The Hall–Kier alpha value is -2.32. The molecule has 2 N–H and O–H groups in total. The summed E-state index contributed by atoms with van der Waals surface area (Å²) in [5, 5.41) is 18.9. The maximum atomic E-state index is 12.3. The van der Waals surface area contributed by atoms with E-state index in [0.29, 0.717) is 11.5 Å². The van der Waals surface area contributed by atoms with E-state index in [4.69, 9.17) is 14.6 Å². The van der Waals surface area contributed by atoms with E-state index in [1.165, 1.54) is 16.9 Å². The molecule has 8 nitrogen and oxygen atoms in total. The highest BCUT2D eigenvalue weighted by Crippen LogP contribution is 2.26. The number of carbonyl (C=O) groups excluding carboxylic acids is 1. The lowest BCUT2D eigenvalue weighted by molar-refractivity contribution is -0.138. The molecule has 2 atom stereocenters. The second-order valence-corrected chi connectivity index (χ2v) is 5.68. The van der Waals surface area contributed by atoms with E-state index in [1.54, 1.807) is 31.3 Å². The molecule has 1 heterocycles. The Morgan fingerprint density at radius 2 is 1.96 bits per heavy atom. The fraction of sp³-hybridized carbons (Fsp3) is 0.500. The number of carboxylic acids is 1. The van der Waals surface area contributed by atoms with Crippen molar-refractivity contribution in [1.29, 1.82) is 0 Å². The van der Waals surface area contributed by atoms with Gasteiger partial charge in [0.15, 0.2) is 18.1 Å². The zero-order valence-corrected chi connectivity index (χ0v) is 13.7. The summed E-state index contributed by atoms with van der Waals surface area (Å²) in [6.07, 6.45) is -0.787. The minimum absolute atomic E-state index is 0.155. The van der Waals surface area contributed by atoms with Gasteiger partial charge in [0.1, 0.15) is 0 Å². The van der Waals surface area contributed by atoms with Crippen molar-refractivity contribution in [3.8, 4) is 11.5 Å². The van der Waals surface area contributed by atoms with Crippen LogP contribution in [0.4, 0.5) is 0 Å². The van der Waals surface area contributed by atoms with Crippen molar-refractivity contribution in [3.05, 3.63) is 24.3 Å². The molecule has 24 heavy (non-hydrogen) atoms. The monoisotopic (exact) mass is 338 g/mol. The van der Waals surface area contributed by atoms with Crippen LogP contribution < -0.4 is 9.47 Å². The van der Waals surface area contributed by atoms with Gasteiger partial charge in [-0.15, -0.1) is 0 Å². The molecule has 0 saturated carbocycles. The molecule has 0 spiro atoms. The molecule has 1 amide bonds. The minimum Gasteiger partial charge on any atom is -0.493 e. The number of likely N-dealkylation sites (N-methyl/N-ethyl adjacent to an activating group) is 1. The predicted octanol–water partition coefficient (Wildman–Crippen LogP) is -0.338. The smallest absolute Gasteiger partial charge is 0.317 e. The van der Waals surface area contributed by atoms with Gasteiger partial charge in [-0.25, -0.2) is 0 Å². The zero-order valence-electron chi connectivity index (χ0n) is 13.7. The maximum absolute atomic E-state index is 12.3. The highest BCUT2D eigenvalue weighted by atomic mass is 16.5. The lowest BCUT2D eigenvalue weighted by Crippen LogP contribution is -2.43. The second-order valence-electron chi connectivity index (χ2n) is 5.68. The van der Waals surface area contributed by atoms with Crippen molar-refractivity contribution in [3.63, 3.8) is 0 Å². The summed E-state index contributed by atoms with van der Waals surface area (Å²) in [5.41, 5.74) is 0. The molecule has 0 bridgehead atoms. The Balaban J connectivity index is 1.90. The number of carboxylic acid groups (broad SMARTS) is 1. The number of aliphatic hydroxyl groups is 1. The van der Waals surface area contributed by atoms with Gasteiger partial charge < -0.3 is 24.6 Å². The molecule has 1 aliphatic heterocycles. The lowest BCUT2D eigenvalue weighted by atomic mass is 10.2. The van der Waals surface area contributed by atoms with E-state index in [0.717, 1.165) is 0 Å². The summed E-state index contributed by atoms with van der Waals surface area (Å²) in [7, 11) is 3.13. The van der Waals surface area contributed by atoms with Gasteiger partial charge in [-0.05, 0) is 19.2 Å². The third kappa shape index (κ3) is 4.36. The largest absolute Gasteiger partial charge is 0.493 e. The number of rotatable bonds is 7. The van der Waals surface area contributed by atoms with Crippen LogP contribution in [0.2, 0.25) is 0 Å². The highest BCUT2D eigenvalue weighted by molar-refractivity contribution is 5.78. The van der Waals surface area contributed by atoms with Crippen molar-refractivity contribution in [2.45, 2.75) is 12.1 Å². The van der Waals surface area contributed by atoms with Gasteiger partial charge in [-0.1, -0.05) is 12.1 Å². The SMILES string of the molecule is COc1ccccc1OCC(=O)N1C[C@@H](O)[C@H](N(C)CC(=O)O)C1. The molecule has 132 valence electrons. The van der Waals surface area contributed by atoms with Gasteiger partial charge in [-0.2, -0.15) is 0 Å². The third-order valence-electron chi connectivity index (χ3n) is 3.98. The van der Waals surface area contributed by atoms with Crippen LogP contribution in [0.25, 0.3) is 0 Å². The lowest BCUT2D eigenvalue weighted by Gasteiger charge is -2.24. The number of methoxy groups -OCH3 is 1. The molecule has 1 saturated heterocycles. The molecule has 2 rings (SSSR count). The van der Waals surface area contributed by atoms with E-state index >= 15 is 0 Å². The van der Waals surface area contributed by atoms with Crippen molar-refractivity contribution in [2.24, 2.45) is 0 Å². The number of amides is 1. The first-order valence-electron chi connectivity index (χ1n) is 7.56. The highest BCUT2D eigenvalue weighted by Gasteiger charge is 2.37. The Bertz CT molecular complexity index is 594. The summed E-state index contributed by atoms with van der Waals surface area (Å²) in [6, 6.07) is 6.60. The predicted molar refractivity (Wildman–Crippen MR) is 85.1 cm³/mol. The van der Waals surface area contributed by atoms with Gasteiger partial charge in [0.25, 0.3) is 5.91 Å². The van der Waals surface area contributed by atoms with E-state index < -0.39 is 18.1 Å². The standard InChI is InChI=1S/C16H22N2O6/c1-17(9-16(21)22)11-7-18(8-12(11)19)15(20)10-24-14-6-4-3-5-13(14)23-2/h3-6,11-12,19H,7-10H2,1-2H3,(H,21,22)/t11-,12-/m1/s1. The number of ether oxygens (including phenoxy) is 2. The zero-order chi connectivity index (χ0) is 17.7. The molecule has 1 aromatic carbocycles. The number of likely N-dealkylation sites (tertiary alicyclic amines) is 1. The number of hydrogen-bond donors (Lipinski definition) is 2. The van der Waals surface area contributed by atoms with Crippen molar-refractivity contribution < 1.29 is 29.3 Å². The number of para-hydroxylation sites is 2. The summed E-state index contributed by atoms with van der Waals surface area (Å²) < 4.78 is 10.6. The number of aliphatic hydroxyl groups excluding tert-OH is 1. The first kappa shape index (κ1) is 18.0. The van der Waals surface area contributed by atoms with Gasteiger partial charge in [-0.3, -0.25) is 14.5 Å². The number of carbonyl (C=O) groups is 2. The molecule has 0 radical (unpaired) electrons. The van der Waals surface area contributed by atoms with E-state index in [2.05, 4.69) is 0 Å². The average molecular weight is 338 g/mol. The fourth-order valence-corrected chi connectivity index (χ4v) is 2.71. The van der Waals surface area contributed by atoms with Crippen LogP contribution in [0.1, 0.15) is 0 Å². The Kier molecular flexibility index (Phi) is 5.99. The molecule has 0 aromatic heterocycles. The summed E-state index contributed by atoms with van der Waals surface area (Å²) in [6.45, 7) is 0.0474. The number of benzene rings is 1. The van der Waals surface area contributed by atoms with Crippen LogP contribution in [-0.4, -0.2) is 84.4 Å². The average Bonchev–Trinajstić information content (AvgIpc) is 2.94. The van der Waals surface area contributed by atoms with Crippen LogP contribution in [0.15, 0.2) is 24.3 Å².